The Kier molecular flexibility index (Phi) is 5.45. The van der Waals surface area contributed by atoms with E-state index in [0.29, 0.717) is 0 Å². The molecule has 1 unspecified atom stereocenters. The molecule has 1 rings (SSSR count). The van der Waals surface area contributed by atoms with Crippen molar-refractivity contribution in [1.29, 1.82) is 0 Å². The van der Waals surface area contributed by atoms with E-state index in [2.05, 4.69) is 51.1 Å². The van der Waals surface area contributed by atoms with Crippen LogP contribution < -0.4 is 0 Å². The van der Waals surface area contributed by atoms with Crippen LogP contribution in [0.1, 0.15) is 45.6 Å². The van der Waals surface area contributed by atoms with Gasteiger partial charge in [-0.15, -0.1) is 0 Å². The summed E-state index contributed by atoms with van der Waals surface area (Å²) in [6, 6.07) is 10.8. The smallest absolute Gasteiger partial charge is 0.0253 e. The average molecular weight is 204 g/mol. The van der Waals surface area contributed by atoms with E-state index in [-0.39, 0.29) is 0 Å². The number of rotatable bonds is 6. The molecule has 2 atom stereocenters. The first-order valence-electron chi connectivity index (χ1n) is 6.26. The van der Waals surface area contributed by atoms with Crippen LogP contribution in [-0.4, -0.2) is 0 Å². The Labute approximate surface area is 94.7 Å². The molecule has 0 aliphatic rings. The largest absolute Gasteiger partial charge is 0.0651 e. The van der Waals surface area contributed by atoms with E-state index in [1.165, 1.54) is 31.2 Å². The summed E-state index contributed by atoms with van der Waals surface area (Å²) in [7, 11) is 0. The summed E-state index contributed by atoms with van der Waals surface area (Å²) >= 11 is 0. The van der Waals surface area contributed by atoms with Gasteiger partial charge in [0.2, 0.25) is 0 Å². The molecule has 0 heteroatoms. The Morgan fingerprint density at radius 1 is 0.933 bits per heavy atom. The van der Waals surface area contributed by atoms with Crippen molar-refractivity contribution in [2.45, 2.75) is 46.5 Å². The molecule has 0 aliphatic heterocycles. The second kappa shape index (κ2) is 6.66. The van der Waals surface area contributed by atoms with Gasteiger partial charge in [-0.05, 0) is 23.8 Å². The molecule has 1 aromatic rings. The van der Waals surface area contributed by atoms with E-state index in [4.69, 9.17) is 0 Å². The van der Waals surface area contributed by atoms with E-state index >= 15 is 0 Å². The fourth-order valence-electron chi connectivity index (χ4n) is 1.89. The Balaban J connectivity index is 2.27. The van der Waals surface area contributed by atoms with Crippen LogP contribution in [0.25, 0.3) is 0 Å². The van der Waals surface area contributed by atoms with Gasteiger partial charge in [-0.3, -0.25) is 0 Å². The third-order valence-electron chi connectivity index (χ3n) is 3.28. The van der Waals surface area contributed by atoms with Gasteiger partial charge in [-0.2, -0.15) is 0 Å². The van der Waals surface area contributed by atoms with Gasteiger partial charge >= 0.3 is 0 Å². The first kappa shape index (κ1) is 12.3. The Morgan fingerprint density at radius 3 is 2.13 bits per heavy atom. The minimum Gasteiger partial charge on any atom is -0.0651 e. The highest BCUT2D eigenvalue weighted by molar-refractivity contribution is 5.14. The van der Waals surface area contributed by atoms with Crippen LogP contribution in [0.4, 0.5) is 0 Å². The molecule has 0 N–H and O–H groups in total. The normalized spacial score (nSPS) is 14.9. The maximum Gasteiger partial charge on any atom is -0.0253 e. The maximum absolute atomic E-state index is 2.37. The fraction of sp³-hybridized carbons (Fsp3) is 0.600. The van der Waals surface area contributed by atoms with Crippen LogP contribution in [0, 0.1) is 11.8 Å². The highest BCUT2D eigenvalue weighted by Crippen LogP contribution is 2.18. The Hall–Kier alpha value is -0.780. The predicted molar refractivity (Wildman–Crippen MR) is 68.0 cm³/mol. The van der Waals surface area contributed by atoms with Gasteiger partial charge in [0.15, 0.2) is 0 Å². The second-order valence-corrected chi connectivity index (χ2v) is 4.89. The molecule has 15 heavy (non-hydrogen) atoms. The monoisotopic (exact) mass is 204 g/mol. The average Bonchev–Trinajstić information content (AvgIpc) is 2.27. The summed E-state index contributed by atoms with van der Waals surface area (Å²) < 4.78 is 0. The summed E-state index contributed by atoms with van der Waals surface area (Å²) in [4.78, 5) is 0. The minimum absolute atomic E-state index is 0.821. The zero-order chi connectivity index (χ0) is 11.1. The van der Waals surface area contributed by atoms with Crippen molar-refractivity contribution in [2.24, 2.45) is 11.8 Å². The van der Waals surface area contributed by atoms with Gasteiger partial charge in [0.25, 0.3) is 0 Å². The van der Waals surface area contributed by atoms with Crippen molar-refractivity contribution in [2.75, 3.05) is 0 Å². The number of hydrogen-bond donors (Lipinski definition) is 0. The zero-order valence-corrected chi connectivity index (χ0v) is 10.4. The fourth-order valence-corrected chi connectivity index (χ4v) is 1.89. The van der Waals surface area contributed by atoms with Crippen LogP contribution in [0.2, 0.25) is 0 Å². The highest BCUT2D eigenvalue weighted by atomic mass is 14.1. The minimum atomic E-state index is 0.821. The molecule has 0 aliphatic carbocycles. The third-order valence-corrected chi connectivity index (χ3v) is 3.28. The molecule has 0 aromatic heterocycles. The summed E-state index contributed by atoms with van der Waals surface area (Å²) in [5, 5.41) is 0. The molecule has 0 saturated heterocycles. The van der Waals surface area contributed by atoms with Crippen molar-refractivity contribution in [3.8, 4) is 0 Å². The standard InChI is InChI=1S/C15H24/c1-4-13(2)10-11-14(3)12-15-8-6-5-7-9-15/h5-9,13-14H,4,10-12H2,1-3H3/t13-,14?/m1/s1. The summed E-state index contributed by atoms with van der Waals surface area (Å²) in [6.07, 6.45) is 5.30. The van der Waals surface area contributed by atoms with E-state index < -0.39 is 0 Å². The molecule has 0 nitrogen and oxygen atoms in total. The molecule has 0 amide bonds. The molecule has 0 heterocycles. The van der Waals surface area contributed by atoms with Crippen LogP contribution in [-0.2, 0) is 6.42 Å². The molecule has 84 valence electrons. The molecule has 0 fully saturated rings. The molecular weight excluding hydrogens is 180 g/mol. The molecule has 0 bridgehead atoms. The number of hydrogen-bond acceptors (Lipinski definition) is 0. The second-order valence-electron chi connectivity index (χ2n) is 4.89. The van der Waals surface area contributed by atoms with Crippen molar-refractivity contribution in [1.82, 2.24) is 0 Å². The molecule has 0 saturated carbocycles. The van der Waals surface area contributed by atoms with Crippen molar-refractivity contribution < 1.29 is 0 Å². The first-order valence-corrected chi connectivity index (χ1v) is 6.26. The molecular formula is C15H24. The van der Waals surface area contributed by atoms with Crippen LogP contribution in [0.5, 0.6) is 0 Å². The van der Waals surface area contributed by atoms with Gasteiger partial charge in [-0.25, -0.2) is 0 Å². The van der Waals surface area contributed by atoms with E-state index in [9.17, 15) is 0 Å². The lowest BCUT2D eigenvalue weighted by atomic mass is 9.92. The lowest BCUT2D eigenvalue weighted by molar-refractivity contribution is 0.421. The first-order chi connectivity index (χ1) is 7.22. The molecule has 0 spiro atoms. The topological polar surface area (TPSA) is 0 Å². The molecule has 1 aromatic carbocycles. The van der Waals surface area contributed by atoms with Crippen molar-refractivity contribution in [3.05, 3.63) is 35.9 Å². The van der Waals surface area contributed by atoms with Crippen LogP contribution >= 0.6 is 0 Å². The maximum atomic E-state index is 2.37. The lowest BCUT2D eigenvalue weighted by Crippen LogP contribution is -2.02. The predicted octanol–water partition coefficient (Wildman–Crippen LogP) is 4.69. The number of benzene rings is 1. The van der Waals surface area contributed by atoms with Crippen molar-refractivity contribution in [3.63, 3.8) is 0 Å². The Bertz CT molecular complexity index is 250. The van der Waals surface area contributed by atoms with Crippen molar-refractivity contribution >= 4 is 0 Å². The van der Waals surface area contributed by atoms with Crippen LogP contribution in [0.3, 0.4) is 0 Å². The van der Waals surface area contributed by atoms with Gasteiger partial charge < -0.3 is 0 Å². The quantitative estimate of drug-likeness (QED) is 0.630. The van der Waals surface area contributed by atoms with Gasteiger partial charge in [-0.1, -0.05) is 70.4 Å². The zero-order valence-electron chi connectivity index (χ0n) is 10.4. The van der Waals surface area contributed by atoms with E-state index in [0.717, 1.165) is 11.8 Å². The highest BCUT2D eigenvalue weighted by Gasteiger charge is 2.06. The van der Waals surface area contributed by atoms with Gasteiger partial charge in [0.1, 0.15) is 0 Å². The Morgan fingerprint density at radius 2 is 1.53 bits per heavy atom. The lowest BCUT2D eigenvalue weighted by Gasteiger charge is -2.14. The summed E-state index contributed by atoms with van der Waals surface area (Å²) in [5.74, 6) is 1.71. The van der Waals surface area contributed by atoms with E-state index in [1.54, 1.807) is 0 Å². The summed E-state index contributed by atoms with van der Waals surface area (Å²) in [6.45, 7) is 7.01. The SMILES string of the molecule is CC[C@@H](C)CCC(C)Cc1ccccc1. The third kappa shape index (κ3) is 5.01. The van der Waals surface area contributed by atoms with Gasteiger partial charge in [0.05, 0.1) is 0 Å². The molecule has 0 radical (unpaired) electrons. The van der Waals surface area contributed by atoms with E-state index in [1.807, 2.05) is 0 Å². The van der Waals surface area contributed by atoms with Gasteiger partial charge in [0, 0.05) is 0 Å². The van der Waals surface area contributed by atoms with Crippen LogP contribution in [0.15, 0.2) is 30.3 Å². The summed E-state index contributed by atoms with van der Waals surface area (Å²) in [5.41, 5.74) is 1.48.